The van der Waals surface area contributed by atoms with Gasteiger partial charge in [0.1, 0.15) is 6.54 Å². The monoisotopic (exact) mass is 419 g/mol. The van der Waals surface area contributed by atoms with Crippen LogP contribution in [0.3, 0.4) is 0 Å². The number of benzene rings is 1. The molecule has 1 aromatic rings. The lowest BCUT2D eigenvalue weighted by Crippen LogP contribution is -2.43. The third kappa shape index (κ3) is 6.91. The van der Waals surface area contributed by atoms with Crippen LogP contribution in [0.5, 0.6) is 0 Å². The molecule has 1 saturated carbocycles. The van der Waals surface area contributed by atoms with E-state index in [0.29, 0.717) is 18.1 Å². The molecular formula is C23H34ClN3O2. The smallest absolute Gasteiger partial charge is 0.325 e. The van der Waals surface area contributed by atoms with Crippen LogP contribution < -0.4 is 10.2 Å². The molecule has 0 aromatic heterocycles. The molecule has 1 N–H and O–H groups in total. The fraction of sp³-hybridized carbons (Fsp3) is 0.652. The van der Waals surface area contributed by atoms with E-state index in [2.05, 4.69) is 5.32 Å². The van der Waals surface area contributed by atoms with Crippen LogP contribution in [0.4, 0.5) is 10.5 Å². The van der Waals surface area contributed by atoms with Gasteiger partial charge in [-0.2, -0.15) is 0 Å². The first-order chi connectivity index (χ1) is 14.1. The lowest BCUT2D eigenvalue weighted by atomic mass is 9.98. The van der Waals surface area contributed by atoms with E-state index in [9.17, 15) is 9.59 Å². The molecular weight excluding hydrogens is 386 g/mol. The minimum absolute atomic E-state index is 0.0339. The molecule has 1 saturated heterocycles. The number of rotatable bonds is 4. The molecule has 160 valence electrons. The topological polar surface area (TPSA) is 52.7 Å². The Labute approximate surface area is 179 Å². The molecule has 1 heterocycles. The normalized spacial score (nSPS) is 20.2. The van der Waals surface area contributed by atoms with Gasteiger partial charge in [0, 0.05) is 29.8 Å². The van der Waals surface area contributed by atoms with Gasteiger partial charge in [0.05, 0.1) is 0 Å². The van der Waals surface area contributed by atoms with Crippen LogP contribution in [-0.2, 0) is 4.79 Å². The van der Waals surface area contributed by atoms with Crippen molar-refractivity contribution in [1.29, 1.82) is 0 Å². The van der Waals surface area contributed by atoms with E-state index in [1.807, 2.05) is 12.1 Å². The lowest BCUT2D eigenvalue weighted by Gasteiger charge is -2.22. The van der Waals surface area contributed by atoms with Crippen molar-refractivity contribution >= 4 is 29.2 Å². The Kier molecular flexibility index (Phi) is 8.66. The van der Waals surface area contributed by atoms with E-state index < -0.39 is 0 Å². The Bertz CT molecular complexity index is 653. The number of nitrogens with one attached hydrogen (secondary N) is 1. The van der Waals surface area contributed by atoms with E-state index in [1.54, 1.807) is 21.9 Å². The molecule has 2 aliphatic rings. The van der Waals surface area contributed by atoms with Crippen LogP contribution in [0.1, 0.15) is 70.6 Å². The zero-order valence-corrected chi connectivity index (χ0v) is 18.1. The molecule has 1 aliphatic heterocycles. The molecule has 5 nitrogen and oxygen atoms in total. The van der Waals surface area contributed by atoms with Gasteiger partial charge in [-0.15, -0.1) is 0 Å². The van der Waals surface area contributed by atoms with Crippen molar-refractivity contribution in [3.05, 3.63) is 29.3 Å². The molecule has 3 amide bonds. The molecule has 0 unspecified atom stereocenters. The van der Waals surface area contributed by atoms with Gasteiger partial charge in [-0.3, -0.25) is 9.69 Å². The zero-order chi connectivity index (χ0) is 20.5. The minimum Gasteiger partial charge on any atom is -0.352 e. The molecule has 29 heavy (non-hydrogen) atoms. The summed E-state index contributed by atoms with van der Waals surface area (Å²) < 4.78 is 0. The highest BCUT2D eigenvalue weighted by Crippen LogP contribution is 2.22. The Morgan fingerprint density at radius 2 is 1.45 bits per heavy atom. The maximum Gasteiger partial charge on any atom is 0.325 e. The van der Waals surface area contributed by atoms with E-state index in [4.69, 9.17) is 11.6 Å². The van der Waals surface area contributed by atoms with Crippen molar-refractivity contribution in [3.8, 4) is 0 Å². The maximum absolute atomic E-state index is 12.7. The van der Waals surface area contributed by atoms with Gasteiger partial charge < -0.3 is 10.2 Å². The standard InChI is InChI=1S/C23H34ClN3O2/c24-19-12-14-21(15-13-19)27-17-16-26(23(27)29)18-22(28)25-20-10-8-6-4-2-1-3-5-7-9-11-20/h12-15,20H,1-11,16-18H2,(H,25,28). The summed E-state index contributed by atoms with van der Waals surface area (Å²) in [5.74, 6) is -0.0339. The van der Waals surface area contributed by atoms with Gasteiger partial charge >= 0.3 is 6.03 Å². The van der Waals surface area contributed by atoms with Crippen molar-refractivity contribution in [2.45, 2.75) is 76.7 Å². The van der Waals surface area contributed by atoms with Crippen LogP contribution in [-0.4, -0.2) is 42.5 Å². The first-order valence-electron chi connectivity index (χ1n) is 11.2. The second-order valence-corrected chi connectivity index (χ2v) is 8.79. The molecule has 0 bridgehead atoms. The van der Waals surface area contributed by atoms with Crippen LogP contribution in [0.15, 0.2) is 24.3 Å². The van der Waals surface area contributed by atoms with Crippen LogP contribution in [0.25, 0.3) is 0 Å². The van der Waals surface area contributed by atoms with Gasteiger partial charge in [-0.25, -0.2) is 4.79 Å². The average molecular weight is 420 g/mol. The van der Waals surface area contributed by atoms with Crippen molar-refractivity contribution in [2.75, 3.05) is 24.5 Å². The highest BCUT2D eigenvalue weighted by atomic mass is 35.5. The second-order valence-electron chi connectivity index (χ2n) is 8.36. The highest BCUT2D eigenvalue weighted by molar-refractivity contribution is 6.30. The van der Waals surface area contributed by atoms with Gasteiger partial charge in [0.2, 0.25) is 5.91 Å². The van der Waals surface area contributed by atoms with Gasteiger partial charge in [0.15, 0.2) is 0 Å². The number of carbonyl (C=O) groups excluding carboxylic acids is 2. The van der Waals surface area contributed by atoms with Gasteiger partial charge in [0.25, 0.3) is 0 Å². The Hall–Kier alpha value is -1.75. The summed E-state index contributed by atoms with van der Waals surface area (Å²) in [6, 6.07) is 7.38. The first kappa shape index (κ1) is 21.9. The Morgan fingerprint density at radius 3 is 2.03 bits per heavy atom. The number of urea groups is 1. The lowest BCUT2D eigenvalue weighted by molar-refractivity contribution is -0.122. The number of hydrogen-bond donors (Lipinski definition) is 1. The molecule has 6 heteroatoms. The summed E-state index contributed by atoms with van der Waals surface area (Å²) in [5.41, 5.74) is 0.821. The van der Waals surface area contributed by atoms with Crippen LogP contribution in [0.2, 0.25) is 5.02 Å². The molecule has 3 rings (SSSR count). The number of amides is 3. The van der Waals surface area contributed by atoms with Crippen LogP contribution >= 0.6 is 11.6 Å². The number of hydrogen-bond acceptors (Lipinski definition) is 2. The third-order valence-electron chi connectivity index (χ3n) is 6.04. The molecule has 0 radical (unpaired) electrons. The van der Waals surface area contributed by atoms with Gasteiger partial charge in [-0.1, -0.05) is 69.4 Å². The summed E-state index contributed by atoms with van der Waals surface area (Å²) in [6.07, 6.45) is 13.7. The first-order valence-corrected chi connectivity index (χ1v) is 11.6. The van der Waals surface area contributed by atoms with Crippen molar-refractivity contribution in [1.82, 2.24) is 10.2 Å². The average Bonchev–Trinajstić information content (AvgIpc) is 3.05. The molecule has 1 aliphatic carbocycles. The predicted octanol–water partition coefficient (Wildman–Crippen LogP) is 5.37. The zero-order valence-electron chi connectivity index (χ0n) is 17.4. The van der Waals surface area contributed by atoms with Crippen molar-refractivity contribution < 1.29 is 9.59 Å². The fourth-order valence-electron chi connectivity index (χ4n) is 4.34. The van der Waals surface area contributed by atoms with E-state index in [0.717, 1.165) is 18.5 Å². The summed E-state index contributed by atoms with van der Waals surface area (Å²) in [6.45, 7) is 1.30. The summed E-state index contributed by atoms with van der Waals surface area (Å²) in [5, 5.41) is 3.86. The summed E-state index contributed by atoms with van der Waals surface area (Å²) in [7, 11) is 0. The van der Waals surface area contributed by atoms with Crippen LogP contribution in [0, 0.1) is 0 Å². The maximum atomic E-state index is 12.7. The molecule has 0 atom stereocenters. The van der Waals surface area contributed by atoms with E-state index in [-0.39, 0.29) is 24.5 Å². The van der Waals surface area contributed by atoms with Crippen molar-refractivity contribution in [3.63, 3.8) is 0 Å². The molecule has 1 aromatic carbocycles. The highest BCUT2D eigenvalue weighted by Gasteiger charge is 2.31. The largest absolute Gasteiger partial charge is 0.352 e. The Balaban J connectivity index is 1.48. The van der Waals surface area contributed by atoms with E-state index in [1.165, 1.54) is 57.8 Å². The van der Waals surface area contributed by atoms with Crippen molar-refractivity contribution in [2.24, 2.45) is 0 Å². The Morgan fingerprint density at radius 1 is 0.897 bits per heavy atom. The summed E-state index contributed by atoms with van der Waals surface area (Å²) in [4.78, 5) is 28.7. The number of carbonyl (C=O) groups is 2. The quantitative estimate of drug-likeness (QED) is 0.713. The SMILES string of the molecule is O=C(CN1CCN(c2ccc(Cl)cc2)C1=O)NC1CCCCCCCCCCC1. The predicted molar refractivity (Wildman–Crippen MR) is 118 cm³/mol. The van der Waals surface area contributed by atoms with E-state index >= 15 is 0 Å². The number of nitrogens with zero attached hydrogens (tertiary/aromatic N) is 2. The number of anilines is 1. The second kappa shape index (κ2) is 11.4. The summed E-state index contributed by atoms with van der Waals surface area (Å²) >= 11 is 5.94. The third-order valence-corrected chi connectivity index (χ3v) is 6.29. The minimum atomic E-state index is -0.110. The number of halogens is 1. The fourth-order valence-corrected chi connectivity index (χ4v) is 4.47. The molecule has 0 spiro atoms. The van der Waals surface area contributed by atoms with Gasteiger partial charge in [-0.05, 0) is 37.1 Å². The molecule has 2 fully saturated rings.